The highest BCUT2D eigenvalue weighted by atomic mass is 19.4. The third kappa shape index (κ3) is 4.86. The third-order valence-electron chi connectivity index (χ3n) is 4.24. The van der Waals surface area contributed by atoms with Gasteiger partial charge in [0.2, 0.25) is 5.91 Å². The Labute approximate surface area is 144 Å². The molecule has 0 bridgehead atoms. The molecule has 1 N–H and O–H groups in total. The fourth-order valence-electron chi connectivity index (χ4n) is 3.17. The summed E-state index contributed by atoms with van der Waals surface area (Å²) in [5, 5.41) is 11.8. The number of piperidine rings is 1. The number of nitrogens with zero attached hydrogens (tertiary/aromatic N) is 2. The zero-order valence-electron chi connectivity index (χ0n) is 14.1. The Morgan fingerprint density at radius 2 is 2.16 bits per heavy atom. The maximum absolute atomic E-state index is 13.3. The summed E-state index contributed by atoms with van der Waals surface area (Å²) in [6, 6.07) is 4.86. The molecule has 2 rings (SSSR count). The molecule has 1 heterocycles. The van der Waals surface area contributed by atoms with Crippen molar-refractivity contribution in [3.05, 3.63) is 29.3 Å². The number of nitriles is 1. The zero-order chi connectivity index (χ0) is 18.6. The average Bonchev–Trinajstić information content (AvgIpc) is 2.53. The number of hydrogen-bond donors (Lipinski definition) is 1. The molecule has 5 nitrogen and oxygen atoms in total. The number of amides is 1. The minimum absolute atomic E-state index is 0.0406. The molecule has 2 atom stereocenters. The lowest BCUT2D eigenvalue weighted by molar-refractivity contribution is -0.194. The normalized spacial score (nSPS) is 21.4. The lowest BCUT2D eigenvalue weighted by Crippen LogP contribution is -2.55. The quantitative estimate of drug-likeness (QED) is 0.902. The molecule has 1 fully saturated rings. The fraction of sp³-hybridized carbons (Fsp3) is 0.529. The molecule has 0 aliphatic carbocycles. The van der Waals surface area contributed by atoms with E-state index in [0.29, 0.717) is 11.3 Å². The molecule has 1 amide bonds. The monoisotopic (exact) mass is 355 g/mol. The van der Waals surface area contributed by atoms with Crippen LogP contribution in [-0.4, -0.2) is 42.7 Å². The van der Waals surface area contributed by atoms with Crippen molar-refractivity contribution in [3.8, 4) is 11.8 Å². The second-order valence-electron chi connectivity index (χ2n) is 6.11. The summed E-state index contributed by atoms with van der Waals surface area (Å²) >= 11 is 0. The number of carbonyl (C=O) groups excluding carboxylic acids is 1. The Bertz CT molecular complexity index is 670. The molecule has 0 radical (unpaired) electrons. The molecule has 1 aromatic rings. The molecule has 0 aromatic heterocycles. The smallest absolute Gasteiger partial charge is 0.404 e. The summed E-state index contributed by atoms with van der Waals surface area (Å²) in [6.45, 7) is 1.50. The highest BCUT2D eigenvalue weighted by molar-refractivity contribution is 5.73. The molecule has 0 spiro atoms. The van der Waals surface area contributed by atoms with Crippen LogP contribution in [0.3, 0.4) is 0 Å². The third-order valence-corrected chi connectivity index (χ3v) is 4.24. The van der Waals surface area contributed by atoms with Gasteiger partial charge in [0.15, 0.2) is 0 Å². The zero-order valence-corrected chi connectivity index (χ0v) is 14.1. The number of methoxy groups -OCH3 is 1. The van der Waals surface area contributed by atoms with E-state index in [-0.39, 0.29) is 43.4 Å². The van der Waals surface area contributed by atoms with Crippen LogP contribution in [0.25, 0.3) is 0 Å². The van der Waals surface area contributed by atoms with Gasteiger partial charge in [0, 0.05) is 26.1 Å². The van der Waals surface area contributed by atoms with Crippen molar-refractivity contribution in [1.29, 1.82) is 5.26 Å². The maximum atomic E-state index is 13.3. The lowest BCUT2D eigenvalue weighted by Gasteiger charge is -2.40. The van der Waals surface area contributed by atoms with E-state index < -0.39 is 12.2 Å². The van der Waals surface area contributed by atoms with Crippen molar-refractivity contribution in [2.24, 2.45) is 0 Å². The highest BCUT2D eigenvalue weighted by Gasteiger charge is 2.46. The fourth-order valence-corrected chi connectivity index (χ4v) is 3.17. The van der Waals surface area contributed by atoms with Gasteiger partial charge in [-0.1, -0.05) is 6.07 Å². The summed E-state index contributed by atoms with van der Waals surface area (Å²) in [6.07, 6.45) is -4.13. The molecule has 25 heavy (non-hydrogen) atoms. The van der Waals surface area contributed by atoms with Crippen LogP contribution in [0.15, 0.2) is 18.2 Å². The number of benzene rings is 1. The van der Waals surface area contributed by atoms with Crippen LogP contribution >= 0.6 is 0 Å². The van der Waals surface area contributed by atoms with Crippen LogP contribution in [0.1, 0.15) is 30.9 Å². The van der Waals surface area contributed by atoms with E-state index in [0.717, 1.165) is 0 Å². The van der Waals surface area contributed by atoms with Crippen molar-refractivity contribution < 1.29 is 22.7 Å². The highest BCUT2D eigenvalue weighted by Crippen LogP contribution is 2.33. The van der Waals surface area contributed by atoms with E-state index >= 15 is 0 Å². The number of hydrogen-bond acceptors (Lipinski definition) is 4. The first-order valence-corrected chi connectivity index (χ1v) is 7.89. The van der Waals surface area contributed by atoms with Gasteiger partial charge < -0.3 is 10.1 Å². The Morgan fingerprint density at radius 1 is 1.44 bits per heavy atom. The van der Waals surface area contributed by atoms with E-state index in [2.05, 4.69) is 5.32 Å². The molecule has 1 aliphatic heterocycles. The number of carbonyl (C=O) groups is 1. The van der Waals surface area contributed by atoms with Crippen molar-refractivity contribution in [2.45, 2.75) is 44.6 Å². The SMILES string of the molecule is COc1ccc(CN2C[C@@H](NC(C)=O)CC[C@@H]2C(F)(F)F)cc1C#N. The van der Waals surface area contributed by atoms with Crippen LogP contribution in [0.4, 0.5) is 13.2 Å². The van der Waals surface area contributed by atoms with Crippen molar-refractivity contribution in [3.63, 3.8) is 0 Å². The van der Waals surface area contributed by atoms with Crippen molar-refractivity contribution >= 4 is 5.91 Å². The van der Waals surface area contributed by atoms with Gasteiger partial charge in [-0.25, -0.2) is 0 Å². The molecule has 1 aliphatic rings. The summed E-state index contributed by atoms with van der Waals surface area (Å²) < 4.78 is 45.1. The maximum Gasteiger partial charge on any atom is 0.404 e. The summed E-state index contributed by atoms with van der Waals surface area (Å²) in [5.41, 5.74) is 0.869. The average molecular weight is 355 g/mol. The largest absolute Gasteiger partial charge is 0.495 e. The van der Waals surface area contributed by atoms with Crippen molar-refractivity contribution in [1.82, 2.24) is 10.2 Å². The number of likely N-dealkylation sites (tertiary alicyclic amines) is 1. The number of alkyl halides is 3. The van der Waals surface area contributed by atoms with Crippen LogP contribution in [0.2, 0.25) is 0 Å². The van der Waals surface area contributed by atoms with Gasteiger partial charge in [0.25, 0.3) is 0 Å². The van der Waals surface area contributed by atoms with Crippen LogP contribution < -0.4 is 10.1 Å². The van der Waals surface area contributed by atoms with Crippen LogP contribution in [-0.2, 0) is 11.3 Å². The van der Waals surface area contributed by atoms with Crippen molar-refractivity contribution in [2.75, 3.05) is 13.7 Å². The van der Waals surface area contributed by atoms with E-state index in [1.54, 1.807) is 12.1 Å². The van der Waals surface area contributed by atoms with E-state index in [1.165, 1.54) is 25.0 Å². The molecule has 0 saturated carbocycles. The van der Waals surface area contributed by atoms with Gasteiger partial charge in [-0.05, 0) is 30.5 Å². The first-order chi connectivity index (χ1) is 11.7. The van der Waals surface area contributed by atoms with Gasteiger partial charge in [-0.2, -0.15) is 18.4 Å². The van der Waals surface area contributed by atoms with E-state index in [9.17, 15) is 18.0 Å². The Hall–Kier alpha value is -2.27. The Balaban J connectivity index is 2.22. The molecule has 136 valence electrons. The van der Waals surface area contributed by atoms with Gasteiger partial charge in [-0.3, -0.25) is 9.69 Å². The van der Waals surface area contributed by atoms with Crippen LogP contribution in [0, 0.1) is 11.3 Å². The van der Waals surface area contributed by atoms with Gasteiger partial charge in [0.05, 0.1) is 12.7 Å². The molecular weight excluding hydrogens is 335 g/mol. The Morgan fingerprint density at radius 3 is 2.72 bits per heavy atom. The summed E-state index contributed by atoms with van der Waals surface area (Å²) in [7, 11) is 1.43. The predicted molar refractivity (Wildman–Crippen MR) is 84.8 cm³/mol. The second-order valence-corrected chi connectivity index (χ2v) is 6.11. The molecule has 1 saturated heterocycles. The predicted octanol–water partition coefficient (Wildman–Crippen LogP) is 2.60. The first kappa shape index (κ1) is 19.1. The minimum Gasteiger partial charge on any atom is -0.495 e. The Kier molecular flexibility index (Phi) is 5.90. The standard InChI is InChI=1S/C17H20F3N3O2/c1-11(24)22-14-4-6-16(17(18,19)20)23(10-14)9-12-3-5-15(25-2)13(7-12)8-21/h3,5,7,14,16H,4,6,9-10H2,1-2H3,(H,22,24)/t14-,16+/m0/s1. The molecule has 1 aromatic carbocycles. The lowest BCUT2D eigenvalue weighted by atomic mass is 9.96. The summed E-state index contributed by atoms with van der Waals surface area (Å²) in [4.78, 5) is 12.5. The molecular formula is C17H20F3N3O2. The molecule has 0 unspecified atom stereocenters. The number of nitrogens with one attached hydrogen (secondary N) is 1. The van der Waals surface area contributed by atoms with Gasteiger partial charge in [0.1, 0.15) is 17.9 Å². The van der Waals surface area contributed by atoms with E-state index in [1.807, 2.05) is 6.07 Å². The number of halogens is 3. The number of rotatable bonds is 4. The van der Waals surface area contributed by atoms with E-state index in [4.69, 9.17) is 10.00 Å². The number of ether oxygens (including phenoxy) is 1. The molecule has 8 heteroatoms. The second kappa shape index (κ2) is 7.74. The minimum atomic E-state index is -4.34. The van der Waals surface area contributed by atoms with Crippen LogP contribution in [0.5, 0.6) is 5.75 Å². The van der Waals surface area contributed by atoms with Gasteiger partial charge in [-0.15, -0.1) is 0 Å². The summed E-state index contributed by atoms with van der Waals surface area (Å²) in [5.74, 6) is 0.125. The van der Waals surface area contributed by atoms with Gasteiger partial charge >= 0.3 is 6.18 Å². The topological polar surface area (TPSA) is 65.4 Å². The first-order valence-electron chi connectivity index (χ1n) is 7.89.